The third kappa shape index (κ3) is 3.35. The van der Waals surface area contributed by atoms with Gasteiger partial charge in [-0.25, -0.2) is 4.79 Å². The van der Waals surface area contributed by atoms with Crippen molar-refractivity contribution < 1.29 is 24.1 Å². The lowest BCUT2D eigenvalue weighted by molar-refractivity contribution is -0.166. The highest BCUT2D eigenvalue weighted by atomic mass is 16.7. The van der Waals surface area contributed by atoms with Crippen molar-refractivity contribution in [1.82, 2.24) is 0 Å². The predicted molar refractivity (Wildman–Crippen MR) is 110 cm³/mol. The number of carbonyl (C=O) groups is 1. The average molecular weight is 394 g/mol. The van der Waals surface area contributed by atoms with Crippen molar-refractivity contribution in [3.05, 3.63) is 60.2 Å². The Hall–Kier alpha value is -2.95. The zero-order valence-corrected chi connectivity index (χ0v) is 17.2. The second-order valence-corrected chi connectivity index (χ2v) is 9.20. The largest absolute Gasteiger partial charge is 0.508 e. The van der Waals surface area contributed by atoms with E-state index < -0.39 is 11.8 Å². The van der Waals surface area contributed by atoms with E-state index in [0.717, 1.165) is 28.7 Å². The van der Waals surface area contributed by atoms with Crippen LogP contribution in [0.3, 0.4) is 0 Å². The molecule has 0 aromatic heterocycles. The molecule has 4 rings (SSSR count). The van der Waals surface area contributed by atoms with Crippen molar-refractivity contribution in [2.24, 2.45) is 0 Å². The molecule has 2 aliphatic heterocycles. The van der Waals surface area contributed by atoms with Gasteiger partial charge in [0.15, 0.2) is 0 Å². The monoisotopic (exact) mass is 394 g/mol. The van der Waals surface area contributed by atoms with Crippen LogP contribution in [0.1, 0.15) is 51.7 Å². The number of rotatable bonds is 2. The average Bonchev–Trinajstić information content (AvgIpc) is 2.62. The Kier molecular flexibility index (Phi) is 4.19. The summed E-state index contributed by atoms with van der Waals surface area (Å²) in [6.45, 7) is 12.0. The second-order valence-electron chi connectivity index (χ2n) is 9.20. The molecule has 152 valence electrons. The van der Waals surface area contributed by atoms with E-state index in [1.165, 1.54) is 0 Å². The van der Waals surface area contributed by atoms with Gasteiger partial charge < -0.3 is 19.3 Å². The van der Waals surface area contributed by atoms with Crippen LogP contribution in [0, 0.1) is 0 Å². The van der Waals surface area contributed by atoms with E-state index >= 15 is 0 Å². The van der Waals surface area contributed by atoms with Gasteiger partial charge in [-0.2, -0.15) is 0 Å². The van der Waals surface area contributed by atoms with Crippen LogP contribution < -0.4 is 14.2 Å². The molecule has 0 aliphatic carbocycles. The van der Waals surface area contributed by atoms with Gasteiger partial charge in [-0.05, 0) is 36.4 Å². The molecule has 1 spiro atoms. The second kappa shape index (κ2) is 6.28. The number of carbonyl (C=O) groups excluding carboxylic acids is 1. The highest BCUT2D eigenvalue weighted by molar-refractivity contribution is 5.83. The Morgan fingerprint density at radius 3 is 2.14 bits per heavy atom. The van der Waals surface area contributed by atoms with Crippen LogP contribution in [-0.2, 0) is 15.6 Å². The molecule has 0 saturated carbocycles. The molecule has 5 heteroatoms. The first kappa shape index (κ1) is 19.4. The van der Waals surface area contributed by atoms with Crippen LogP contribution in [0.5, 0.6) is 23.0 Å². The number of hydrogen-bond acceptors (Lipinski definition) is 5. The van der Waals surface area contributed by atoms with Gasteiger partial charge in [0.25, 0.3) is 5.79 Å². The van der Waals surface area contributed by atoms with Crippen LogP contribution in [-0.4, -0.2) is 16.9 Å². The molecule has 2 aliphatic rings. The summed E-state index contributed by atoms with van der Waals surface area (Å²) in [6, 6.07) is 10.6. The lowest BCUT2D eigenvalue weighted by atomic mass is 9.69. The molecule has 0 fully saturated rings. The molecule has 29 heavy (non-hydrogen) atoms. The van der Waals surface area contributed by atoms with E-state index in [0.29, 0.717) is 18.6 Å². The number of hydrogen-bond donors (Lipinski definition) is 1. The molecule has 0 radical (unpaired) electrons. The summed E-state index contributed by atoms with van der Waals surface area (Å²) in [5.41, 5.74) is 1.44. The minimum absolute atomic E-state index is 0.230. The van der Waals surface area contributed by atoms with Crippen molar-refractivity contribution in [2.45, 2.75) is 57.2 Å². The molecule has 1 unspecified atom stereocenters. The van der Waals surface area contributed by atoms with Gasteiger partial charge in [0.2, 0.25) is 0 Å². The van der Waals surface area contributed by atoms with Crippen molar-refractivity contribution in [3.8, 4) is 23.0 Å². The van der Waals surface area contributed by atoms with Gasteiger partial charge in [-0.15, -0.1) is 0 Å². The van der Waals surface area contributed by atoms with E-state index in [-0.39, 0.29) is 16.6 Å². The number of phenolic OH excluding ortho intramolecular Hbond substituents is 1. The smallest absolute Gasteiger partial charge is 0.335 e. The molecule has 0 bridgehead atoms. The molecular formula is C24H26O5. The number of ether oxygens (including phenoxy) is 3. The third-order valence-electron chi connectivity index (χ3n) is 5.77. The minimum Gasteiger partial charge on any atom is -0.508 e. The Morgan fingerprint density at radius 2 is 1.55 bits per heavy atom. The van der Waals surface area contributed by atoms with Gasteiger partial charge in [-0.1, -0.05) is 34.3 Å². The first-order valence-corrected chi connectivity index (χ1v) is 9.74. The first-order chi connectivity index (χ1) is 13.5. The van der Waals surface area contributed by atoms with Gasteiger partial charge in [-0.3, -0.25) is 0 Å². The maximum absolute atomic E-state index is 11.6. The summed E-state index contributed by atoms with van der Waals surface area (Å²) in [4.78, 5) is 11.6. The van der Waals surface area contributed by atoms with Crippen molar-refractivity contribution >= 4 is 5.97 Å². The maximum atomic E-state index is 11.6. The van der Waals surface area contributed by atoms with E-state index in [2.05, 4.69) is 34.3 Å². The molecule has 0 amide bonds. The van der Waals surface area contributed by atoms with Crippen LogP contribution in [0.15, 0.2) is 49.1 Å². The summed E-state index contributed by atoms with van der Waals surface area (Å²) >= 11 is 0. The van der Waals surface area contributed by atoms with Gasteiger partial charge in [0.1, 0.15) is 23.0 Å². The predicted octanol–water partition coefficient (Wildman–Crippen LogP) is 5.00. The fourth-order valence-corrected chi connectivity index (χ4v) is 4.65. The minimum atomic E-state index is -0.816. The lowest BCUT2D eigenvalue weighted by Crippen LogP contribution is -2.55. The normalized spacial score (nSPS) is 23.2. The molecular weight excluding hydrogens is 368 g/mol. The standard InChI is InChI=1S/C24H26O5/c1-6-21(26)27-16-8-10-20-18(12-16)23(4,5)14-24(29-20)13-22(2,3)17-11-15(25)7-9-19(17)28-24/h6-12,25H,1,13-14H2,2-5H3. The van der Waals surface area contributed by atoms with Crippen molar-refractivity contribution in [1.29, 1.82) is 0 Å². The number of aromatic hydroxyl groups is 1. The highest BCUT2D eigenvalue weighted by Crippen LogP contribution is 2.54. The summed E-state index contributed by atoms with van der Waals surface area (Å²) in [5.74, 6) is 0.837. The number of benzene rings is 2. The Labute approximate surface area is 170 Å². The number of esters is 1. The Morgan fingerprint density at radius 1 is 1.00 bits per heavy atom. The first-order valence-electron chi connectivity index (χ1n) is 9.74. The molecule has 1 atom stereocenters. The SMILES string of the molecule is C=CC(=O)Oc1ccc2c(c1)C(C)(C)CC1(CC(C)(C)c3cc(O)ccc3O1)O2. The summed E-state index contributed by atoms with van der Waals surface area (Å²) in [6.07, 6.45) is 2.42. The molecule has 2 aromatic rings. The van der Waals surface area contributed by atoms with Crippen molar-refractivity contribution in [3.63, 3.8) is 0 Å². The highest BCUT2D eigenvalue weighted by Gasteiger charge is 2.53. The number of phenols is 1. The van der Waals surface area contributed by atoms with E-state index in [4.69, 9.17) is 14.2 Å². The van der Waals surface area contributed by atoms with Crippen LogP contribution in [0.25, 0.3) is 0 Å². The van der Waals surface area contributed by atoms with Crippen molar-refractivity contribution in [2.75, 3.05) is 0 Å². The quantitative estimate of drug-likeness (QED) is 0.441. The number of fused-ring (bicyclic) bond motifs is 2. The lowest BCUT2D eigenvalue weighted by Gasteiger charge is -2.51. The van der Waals surface area contributed by atoms with E-state index in [9.17, 15) is 9.90 Å². The third-order valence-corrected chi connectivity index (χ3v) is 5.77. The molecule has 1 N–H and O–H groups in total. The van der Waals surface area contributed by atoms with Gasteiger partial charge >= 0.3 is 5.97 Å². The Balaban J connectivity index is 1.73. The maximum Gasteiger partial charge on any atom is 0.335 e. The van der Waals surface area contributed by atoms with Gasteiger partial charge in [0, 0.05) is 40.9 Å². The Bertz CT molecular complexity index is 1000. The fraction of sp³-hybridized carbons (Fsp3) is 0.375. The summed E-state index contributed by atoms with van der Waals surface area (Å²) in [7, 11) is 0. The van der Waals surface area contributed by atoms with Crippen LogP contribution in [0.2, 0.25) is 0 Å². The van der Waals surface area contributed by atoms with Crippen LogP contribution >= 0.6 is 0 Å². The molecule has 0 saturated heterocycles. The zero-order chi connectivity index (χ0) is 21.0. The molecule has 2 aromatic carbocycles. The fourth-order valence-electron chi connectivity index (χ4n) is 4.65. The van der Waals surface area contributed by atoms with E-state index in [1.54, 1.807) is 24.3 Å². The topological polar surface area (TPSA) is 65.0 Å². The zero-order valence-electron chi connectivity index (χ0n) is 17.2. The summed E-state index contributed by atoms with van der Waals surface area (Å²) < 4.78 is 18.2. The summed E-state index contributed by atoms with van der Waals surface area (Å²) in [5, 5.41) is 9.91. The van der Waals surface area contributed by atoms with Gasteiger partial charge in [0.05, 0.1) is 0 Å². The van der Waals surface area contributed by atoms with E-state index in [1.807, 2.05) is 12.1 Å². The molecule has 5 nitrogen and oxygen atoms in total. The molecule has 2 heterocycles. The van der Waals surface area contributed by atoms with Crippen LogP contribution in [0.4, 0.5) is 0 Å².